The molecule has 1 aliphatic heterocycles. The molecular formula is C19H18F3NO2. The molecule has 2 atom stereocenters. The SMILES string of the molecule is COc1ccccc1C1Cc2cc(C(F)(F)F)ccc2NC(=O)C1C. The molecule has 132 valence electrons. The Morgan fingerprint density at radius 2 is 1.88 bits per heavy atom. The van der Waals surface area contributed by atoms with Crippen LogP contribution in [-0.4, -0.2) is 13.0 Å². The van der Waals surface area contributed by atoms with Gasteiger partial charge in [0.25, 0.3) is 0 Å². The predicted octanol–water partition coefficient (Wildman–Crippen LogP) is 4.63. The molecule has 1 aliphatic rings. The number of benzene rings is 2. The van der Waals surface area contributed by atoms with Crippen molar-refractivity contribution in [2.75, 3.05) is 12.4 Å². The lowest BCUT2D eigenvalue weighted by Gasteiger charge is -2.22. The van der Waals surface area contributed by atoms with E-state index < -0.39 is 17.7 Å². The molecule has 0 saturated carbocycles. The lowest BCUT2D eigenvalue weighted by Crippen LogP contribution is -2.24. The summed E-state index contributed by atoms with van der Waals surface area (Å²) in [5.41, 5.74) is 1.01. The molecule has 0 aromatic heterocycles. The highest BCUT2D eigenvalue weighted by Gasteiger charge is 2.35. The van der Waals surface area contributed by atoms with Gasteiger partial charge in [-0.1, -0.05) is 25.1 Å². The Kier molecular flexibility index (Phi) is 4.45. The van der Waals surface area contributed by atoms with Crippen LogP contribution in [0.25, 0.3) is 0 Å². The van der Waals surface area contributed by atoms with Crippen LogP contribution in [0.4, 0.5) is 18.9 Å². The smallest absolute Gasteiger partial charge is 0.416 e. The standard InChI is InChI=1S/C19H18F3NO2/c1-11-15(14-5-3-4-6-17(14)25-2)10-12-9-13(19(20,21)22)7-8-16(12)23-18(11)24/h3-9,11,15H,10H2,1-2H3,(H,23,24). The third-order valence-electron chi connectivity index (χ3n) is 4.69. The molecule has 3 nitrogen and oxygen atoms in total. The van der Waals surface area contributed by atoms with E-state index in [1.807, 2.05) is 18.2 Å². The fourth-order valence-electron chi connectivity index (χ4n) is 3.26. The molecule has 0 spiro atoms. The van der Waals surface area contributed by atoms with Gasteiger partial charge in [-0.3, -0.25) is 4.79 Å². The highest BCUT2D eigenvalue weighted by molar-refractivity contribution is 5.94. The van der Waals surface area contributed by atoms with Crippen LogP contribution < -0.4 is 10.1 Å². The number of rotatable bonds is 2. The maximum Gasteiger partial charge on any atom is 0.416 e. The second kappa shape index (κ2) is 6.43. The third-order valence-corrected chi connectivity index (χ3v) is 4.69. The van der Waals surface area contributed by atoms with E-state index in [0.29, 0.717) is 23.4 Å². The first-order chi connectivity index (χ1) is 11.8. The fourth-order valence-corrected chi connectivity index (χ4v) is 3.26. The largest absolute Gasteiger partial charge is 0.496 e. The summed E-state index contributed by atoms with van der Waals surface area (Å²) in [4.78, 5) is 12.5. The van der Waals surface area contributed by atoms with Gasteiger partial charge in [0.2, 0.25) is 5.91 Å². The lowest BCUT2D eigenvalue weighted by molar-refractivity contribution is -0.137. The molecule has 0 aliphatic carbocycles. The number of anilines is 1. The second-order valence-corrected chi connectivity index (χ2v) is 6.20. The molecule has 0 saturated heterocycles. The molecule has 0 radical (unpaired) electrons. The van der Waals surface area contributed by atoms with Crippen LogP contribution in [0, 0.1) is 5.92 Å². The Morgan fingerprint density at radius 3 is 2.56 bits per heavy atom. The number of alkyl halides is 3. The van der Waals surface area contributed by atoms with Crippen LogP contribution in [0.5, 0.6) is 5.75 Å². The van der Waals surface area contributed by atoms with Crippen LogP contribution >= 0.6 is 0 Å². The van der Waals surface area contributed by atoms with Gasteiger partial charge in [0.05, 0.1) is 12.7 Å². The second-order valence-electron chi connectivity index (χ2n) is 6.20. The number of hydrogen-bond donors (Lipinski definition) is 1. The van der Waals surface area contributed by atoms with E-state index >= 15 is 0 Å². The number of para-hydroxylation sites is 1. The highest BCUT2D eigenvalue weighted by Crippen LogP contribution is 2.40. The normalized spacial score (nSPS) is 20.4. The predicted molar refractivity (Wildman–Crippen MR) is 88.7 cm³/mol. The Balaban J connectivity index is 2.08. The number of methoxy groups -OCH3 is 1. The molecule has 2 aromatic rings. The summed E-state index contributed by atoms with van der Waals surface area (Å²) in [6.07, 6.45) is -4.10. The molecule has 2 unspecified atom stereocenters. The number of ether oxygens (including phenoxy) is 1. The number of fused-ring (bicyclic) bond motifs is 1. The van der Waals surface area contributed by atoms with Crippen LogP contribution in [0.3, 0.4) is 0 Å². The number of halogens is 3. The Hall–Kier alpha value is -2.50. The highest BCUT2D eigenvalue weighted by atomic mass is 19.4. The van der Waals surface area contributed by atoms with Crippen molar-refractivity contribution in [2.45, 2.75) is 25.4 Å². The first kappa shape index (κ1) is 17.3. The minimum absolute atomic E-state index is 0.214. The third kappa shape index (κ3) is 3.34. The summed E-state index contributed by atoms with van der Waals surface area (Å²) in [6.45, 7) is 1.78. The van der Waals surface area contributed by atoms with Crippen LogP contribution in [0.1, 0.15) is 29.5 Å². The van der Waals surface area contributed by atoms with Crippen molar-refractivity contribution in [1.82, 2.24) is 0 Å². The zero-order valence-electron chi connectivity index (χ0n) is 13.9. The summed E-state index contributed by atoms with van der Waals surface area (Å²) in [5, 5.41) is 2.74. The summed E-state index contributed by atoms with van der Waals surface area (Å²) in [5.74, 6) is -0.268. The average Bonchev–Trinajstić information content (AvgIpc) is 2.70. The van der Waals surface area contributed by atoms with E-state index in [4.69, 9.17) is 4.74 Å². The monoisotopic (exact) mass is 349 g/mol. The minimum atomic E-state index is -4.42. The summed E-state index contributed by atoms with van der Waals surface area (Å²) in [6, 6.07) is 10.7. The topological polar surface area (TPSA) is 38.3 Å². The van der Waals surface area contributed by atoms with Crippen molar-refractivity contribution >= 4 is 11.6 Å². The van der Waals surface area contributed by atoms with Crippen LogP contribution in [-0.2, 0) is 17.4 Å². The summed E-state index contributed by atoms with van der Waals surface area (Å²) in [7, 11) is 1.54. The quantitative estimate of drug-likeness (QED) is 0.859. The van der Waals surface area contributed by atoms with E-state index in [0.717, 1.165) is 17.7 Å². The maximum atomic E-state index is 13.0. The molecule has 1 amide bonds. The zero-order chi connectivity index (χ0) is 18.2. The summed E-state index contributed by atoms with van der Waals surface area (Å²) < 4.78 is 44.5. The maximum absolute atomic E-state index is 13.0. The van der Waals surface area contributed by atoms with Crippen molar-refractivity contribution < 1.29 is 22.7 Å². The number of carbonyl (C=O) groups excluding carboxylic acids is 1. The van der Waals surface area contributed by atoms with Gasteiger partial charge < -0.3 is 10.1 Å². The van der Waals surface area contributed by atoms with Gasteiger partial charge in [-0.15, -0.1) is 0 Å². The number of amides is 1. The van der Waals surface area contributed by atoms with Gasteiger partial charge in [-0.25, -0.2) is 0 Å². The molecule has 0 bridgehead atoms. The average molecular weight is 349 g/mol. The van der Waals surface area contributed by atoms with Crippen molar-refractivity contribution in [1.29, 1.82) is 0 Å². The molecule has 0 fully saturated rings. The van der Waals surface area contributed by atoms with E-state index in [1.165, 1.54) is 13.2 Å². The Labute approximate surface area is 143 Å². The number of carbonyl (C=O) groups is 1. The van der Waals surface area contributed by atoms with Crippen molar-refractivity contribution in [3.05, 3.63) is 59.2 Å². The minimum Gasteiger partial charge on any atom is -0.496 e. The van der Waals surface area contributed by atoms with E-state index in [-0.39, 0.29) is 11.8 Å². The van der Waals surface area contributed by atoms with Crippen molar-refractivity contribution in [2.24, 2.45) is 5.92 Å². The molecule has 25 heavy (non-hydrogen) atoms. The van der Waals surface area contributed by atoms with Crippen LogP contribution in [0.15, 0.2) is 42.5 Å². The molecule has 3 rings (SSSR count). The summed E-state index contributed by atoms with van der Waals surface area (Å²) >= 11 is 0. The van der Waals surface area contributed by atoms with Crippen LogP contribution in [0.2, 0.25) is 0 Å². The molecule has 1 heterocycles. The first-order valence-electron chi connectivity index (χ1n) is 7.95. The first-order valence-corrected chi connectivity index (χ1v) is 7.95. The van der Waals surface area contributed by atoms with E-state index in [1.54, 1.807) is 13.0 Å². The molecule has 6 heteroatoms. The van der Waals surface area contributed by atoms with Crippen molar-refractivity contribution in [3.8, 4) is 5.75 Å². The van der Waals surface area contributed by atoms with E-state index in [2.05, 4.69) is 5.32 Å². The Bertz CT molecular complexity index is 801. The molecule has 1 N–H and O–H groups in total. The van der Waals surface area contributed by atoms with Gasteiger partial charge >= 0.3 is 6.18 Å². The molecule has 2 aromatic carbocycles. The number of hydrogen-bond acceptors (Lipinski definition) is 2. The Morgan fingerprint density at radius 1 is 1.16 bits per heavy atom. The van der Waals surface area contributed by atoms with Gasteiger partial charge in [0.15, 0.2) is 0 Å². The van der Waals surface area contributed by atoms with E-state index in [9.17, 15) is 18.0 Å². The van der Waals surface area contributed by atoms with Gasteiger partial charge in [0, 0.05) is 17.5 Å². The van der Waals surface area contributed by atoms with Gasteiger partial charge in [-0.2, -0.15) is 13.2 Å². The van der Waals surface area contributed by atoms with Gasteiger partial charge in [-0.05, 0) is 41.8 Å². The fraction of sp³-hybridized carbons (Fsp3) is 0.316. The van der Waals surface area contributed by atoms with Crippen molar-refractivity contribution in [3.63, 3.8) is 0 Å². The zero-order valence-corrected chi connectivity index (χ0v) is 13.9. The number of nitrogens with one attached hydrogen (secondary N) is 1. The van der Waals surface area contributed by atoms with Gasteiger partial charge in [0.1, 0.15) is 5.75 Å². The lowest BCUT2D eigenvalue weighted by atomic mass is 9.82. The molecular weight excluding hydrogens is 331 g/mol.